The van der Waals surface area contributed by atoms with Crippen molar-refractivity contribution in [2.75, 3.05) is 25.0 Å². The molecule has 0 spiro atoms. The molecule has 1 aliphatic heterocycles. The molecule has 22 heavy (non-hydrogen) atoms. The molecule has 1 aromatic rings. The lowest BCUT2D eigenvalue weighted by molar-refractivity contribution is -0.117. The minimum atomic E-state index is 0.102. The molecule has 1 aliphatic carbocycles. The summed E-state index contributed by atoms with van der Waals surface area (Å²) in [7, 11) is 0. The minimum Gasteiger partial charge on any atom is -0.373 e. The number of hydrogen-bond acceptors (Lipinski definition) is 3. The molecule has 2 aliphatic rings. The number of amides is 1. The maximum atomic E-state index is 12.1. The SMILES string of the molecule is C[C@@H]1CN(CCC(=O)Nc2ccc3c(c2)CCC3)C[C@H](C)O1. The Morgan fingerprint density at radius 3 is 2.73 bits per heavy atom. The number of nitrogens with zero attached hydrogens (tertiary/aromatic N) is 1. The monoisotopic (exact) mass is 302 g/mol. The largest absolute Gasteiger partial charge is 0.373 e. The summed E-state index contributed by atoms with van der Waals surface area (Å²) in [6.07, 6.45) is 4.60. The molecule has 1 aromatic carbocycles. The second kappa shape index (κ2) is 6.80. The van der Waals surface area contributed by atoms with Crippen molar-refractivity contribution in [2.45, 2.75) is 51.7 Å². The van der Waals surface area contributed by atoms with Crippen molar-refractivity contribution >= 4 is 11.6 Å². The third-order valence-corrected chi connectivity index (χ3v) is 4.53. The number of fused-ring (bicyclic) bond motifs is 1. The lowest BCUT2D eigenvalue weighted by Crippen LogP contribution is -2.46. The highest BCUT2D eigenvalue weighted by molar-refractivity contribution is 5.91. The summed E-state index contributed by atoms with van der Waals surface area (Å²) in [4.78, 5) is 14.5. The zero-order valence-electron chi connectivity index (χ0n) is 13.6. The van der Waals surface area contributed by atoms with Crippen LogP contribution in [-0.2, 0) is 22.4 Å². The van der Waals surface area contributed by atoms with Crippen LogP contribution in [0.4, 0.5) is 5.69 Å². The summed E-state index contributed by atoms with van der Waals surface area (Å²) in [5.74, 6) is 0.102. The van der Waals surface area contributed by atoms with Gasteiger partial charge in [-0.2, -0.15) is 0 Å². The molecule has 0 saturated carbocycles. The normalized spacial score (nSPS) is 25.0. The van der Waals surface area contributed by atoms with E-state index in [0.717, 1.165) is 31.7 Å². The number of hydrogen-bond donors (Lipinski definition) is 1. The van der Waals surface area contributed by atoms with Crippen molar-refractivity contribution < 1.29 is 9.53 Å². The van der Waals surface area contributed by atoms with Crippen LogP contribution in [0, 0.1) is 0 Å². The molecule has 4 heteroatoms. The molecule has 0 bridgehead atoms. The summed E-state index contributed by atoms with van der Waals surface area (Å²) >= 11 is 0. The zero-order chi connectivity index (χ0) is 15.5. The molecule has 2 atom stereocenters. The van der Waals surface area contributed by atoms with Crippen LogP contribution in [0.1, 0.15) is 37.8 Å². The van der Waals surface area contributed by atoms with Crippen molar-refractivity contribution in [1.29, 1.82) is 0 Å². The smallest absolute Gasteiger partial charge is 0.225 e. The lowest BCUT2D eigenvalue weighted by atomic mass is 10.1. The summed E-state index contributed by atoms with van der Waals surface area (Å²) in [6.45, 7) is 6.81. The number of nitrogens with one attached hydrogen (secondary N) is 1. The second-order valence-electron chi connectivity index (χ2n) is 6.65. The average Bonchev–Trinajstić information content (AvgIpc) is 2.92. The van der Waals surface area contributed by atoms with Gasteiger partial charge in [-0.15, -0.1) is 0 Å². The van der Waals surface area contributed by atoms with Crippen LogP contribution in [0.2, 0.25) is 0 Å². The van der Waals surface area contributed by atoms with E-state index in [9.17, 15) is 4.79 Å². The molecule has 4 nitrogen and oxygen atoms in total. The Morgan fingerprint density at radius 1 is 1.23 bits per heavy atom. The first kappa shape index (κ1) is 15.5. The number of morpholine rings is 1. The molecule has 0 unspecified atom stereocenters. The van der Waals surface area contributed by atoms with Gasteiger partial charge in [0.15, 0.2) is 0 Å². The van der Waals surface area contributed by atoms with Crippen LogP contribution in [0.15, 0.2) is 18.2 Å². The van der Waals surface area contributed by atoms with Crippen LogP contribution in [0.3, 0.4) is 0 Å². The first-order valence-electron chi connectivity index (χ1n) is 8.39. The Morgan fingerprint density at radius 2 is 1.95 bits per heavy atom. The highest BCUT2D eigenvalue weighted by Crippen LogP contribution is 2.25. The van der Waals surface area contributed by atoms with Gasteiger partial charge in [-0.05, 0) is 56.4 Å². The Hall–Kier alpha value is -1.39. The van der Waals surface area contributed by atoms with Crippen molar-refractivity contribution in [2.24, 2.45) is 0 Å². The minimum absolute atomic E-state index is 0.102. The van der Waals surface area contributed by atoms with Crippen LogP contribution in [0.5, 0.6) is 0 Å². The van der Waals surface area contributed by atoms with E-state index >= 15 is 0 Å². The molecule has 1 amide bonds. The summed E-state index contributed by atoms with van der Waals surface area (Å²) in [6, 6.07) is 6.32. The standard InChI is InChI=1S/C18H26N2O2/c1-13-11-20(12-14(2)22-13)9-8-18(21)19-17-7-6-15-4-3-5-16(15)10-17/h6-7,10,13-14H,3-5,8-9,11-12H2,1-2H3,(H,19,21)/t13-,14+. The van der Waals surface area contributed by atoms with Crippen molar-refractivity contribution in [3.63, 3.8) is 0 Å². The maximum Gasteiger partial charge on any atom is 0.225 e. The molecule has 1 fully saturated rings. The van der Waals surface area contributed by atoms with E-state index in [1.807, 2.05) is 6.07 Å². The number of benzene rings is 1. The third-order valence-electron chi connectivity index (χ3n) is 4.53. The maximum absolute atomic E-state index is 12.1. The molecule has 3 rings (SSSR count). The molecule has 1 saturated heterocycles. The number of aryl methyl sites for hydroxylation is 2. The Balaban J connectivity index is 1.48. The van der Waals surface area contributed by atoms with Gasteiger partial charge in [0.1, 0.15) is 0 Å². The van der Waals surface area contributed by atoms with E-state index in [1.165, 1.54) is 24.0 Å². The third kappa shape index (κ3) is 3.87. The topological polar surface area (TPSA) is 41.6 Å². The molecule has 1 heterocycles. The Bertz CT molecular complexity index is 534. The second-order valence-corrected chi connectivity index (χ2v) is 6.65. The van der Waals surface area contributed by atoms with Gasteiger partial charge in [-0.3, -0.25) is 9.69 Å². The fourth-order valence-corrected chi connectivity index (χ4v) is 3.60. The van der Waals surface area contributed by atoms with Gasteiger partial charge in [0.05, 0.1) is 12.2 Å². The van der Waals surface area contributed by atoms with Gasteiger partial charge < -0.3 is 10.1 Å². The van der Waals surface area contributed by atoms with Crippen LogP contribution < -0.4 is 5.32 Å². The highest BCUT2D eigenvalue weighted by atomic mass is 16.5. The number of ether oxygens (including phenoxy) is 1. The Kier molecular flexibility index (Phi) is 4.79. The van der Waals surface area contributed by atoms with Crippen LogP contribution in [-0.4, -0.2) is 42.6 Å². The van der Waals surface area contributed by atoms with Crippen LogP contribution in [0.25, 0.3) is 0 Å². The van der Waals surface area contributed by atoms with Gasteiger partial charge in [0.2, 0.25) is 5.91 Å². The molecule has 0 aromatic heterocycles. The van der Waals surface area contributed by atoms with Gasteiger partial charge >= 0.3 is 0 Å². The summed E-state index contributed by atoms with van der Waals surface area (Å²) in [5, 5.41) is 3.04. The number of rotatable bonds is 4. The fourth-order valence-electron chi connectivity index (χ4n) is 3.60. The highest BCUT2D eigenvalue weighted by Gasteiger charge is 2.22. The molecular weight excluding hydrogens is 276 g/mol. The number of carbonyl (C=O) groups is 1. The quantitative estimate of drug-likeness (QED) is 0.929. The van der Waals surface area contributed by atoms with E-state index in [4.69, 9.17) is 4.74 Å². The van der Waals surface area contributed by atoms with Gasteiger partial charge in [-0.1, -0.05) is 6.07 Å². The molecule has 1 N–H and O–H groups in total. The number of carbonyl (C=O) groups excluding carboxylic acids is 1. The Labute approximate surface area is 132 Å². The predicted octanol–water partition coefficient (Wildman–Crippen LogP) is 2.61. The number of anilines is 1. The summed E-state index contributed by atoms with van der Waals surface area (Å²) in [5.41, 5.74) is 3.78. The fraction of sp³-hybridized carbons (Fsp3) is 0.611. The van der Waals surface area contributed by atoms with Gasteiger partial charge in [0.25, 0.3) is 0 Å². The van der Waals surface area contributed by atoms with Gasteiger partial charge in [0, 0.05) is 31.7 Å². The van der Waals surface area contributed by atoms with Crippen molar-refractivity contribution in [3.8, 4) is 0 Å². The first-order valence-corrected chi connectivity index (χ1v) is 8.39. The summed E-state index contributed by atoms with van der Waals surface area (Å²) < 4.78 is 5.72. The average molecular weight is 302 g/mol. The lowest BCUT2D eigenvalue weighted by Gasteiger charge is -2.35. The first-order chi connectivity index (χ1) is 10.6. The zero-order valence-corrected chi connectivity index (χ0v) is 13.6. The predicted molar refractivity (Wildman–Crippen MR) is 88.2 cm³/mol. The van der Waals surface area contributed by atoms with Crippen molar-refractivity contribution in [3.05, 3.63) is 29.3 Å². The van der Waals surface area contributed by atoms with E-state index in [1.54, 1.807) is 0 Å². The van der Waals surface area contributed by atoms with E-state index in [0.29, 0.717) is 6.42 Å². The van der Waals surface area contributed by atoms with E-state index < -0.39 is 0 Å². The molecule has 0 radical (unpaired) electrons. The van der Waals surface area contributed by atoms with E-state index in [-0.39, 0.29) is 18.1 Å². The van der Waals surface area contributed by atoms with Crippen molar-refractivity contribution in [1.82, 2.24) is 4.90 Å². The molecule has 120 valence electrons. The van der Waals surface area contributed by atoms with Gasteiger partial charge in [-0.25, -0.2) is 0 Å². The van der Waals surface area contributed by atoms with E-state index in [2.05, 4.69) is 36.2 Å². The molecular formula is C18H26N2O2. The van der Waals surface area contributed by atoms with Crippen LogP contribution >= 0.6 is 0 Å².